The molecule has 4 heteroatoms. The molecule has 0 aromatic carbocycles. The van der Waals surface area contributed by atoms with Gasteiger partial charge in [-0.05, 0) is 20.9 Å². The van der Waals surface area contributed by atoms with Crippen LogP contribution in [-0.4, -0.2) is 49.6 Å². The summed E-state index contributed by atoms with van der Waals surface area (Å²) in [6.45, 7) is 6.60. The topological polar surface area (TPSA) is 44.4 Å². The molecule has 13 heavy (non-hydrogen) atoms. The fourth-order valence-corrected chi connectivity index (χ4v) is 1.38. The van der Waals surface area contributed by atoms with Gasteiger partial charge in [-0.15, -0.1) is 0 Å². The first-order valence-corrected chi connectivity index (χ1v) is 4.87. The molecule has 0 aromatic rings. The van der Waals surface area contributed by atoms with E-state index in [4.69, 9.17) is 0 Å². The van der Waals surface area contributed by atoms with E-state index in [0.29, 0.717) is 12.6 Å². The zero-order chi connectivity index (χ0) is 9.84. The fourth-order valence-electron chi connectivity index (χ4n) is 1.38. The van der Waals surface area contributed by atoms with Gasteiger partial charge < -0.3 is 10.6 Å². The number of nitrogens with zero attached hydrogens (tertiary/aromatic N) is 1. The van der Waals surface area contributed by atoms with Crippen LogP contribution in [0, 0.1) is 0 Å². The molecule has 1 aliphatic rings. The van der Waals surface area contributed by atoms with E-state index in [2.05, 4.69) is 15.5 Å². The number of likely N-dealkylation sites (N-methyl/N-ethyl adjacent to an activating group) is 2. The first kappa shape index (κ1) is 10.5. The zero-order valence-corrected chi connectivity index (χ0v) is 8.63. The molecule has 2 N–H and O–H groups in total. The normalized spacial score (nSPS) is 19.7. The molecule has 1 aliphatic heterocycles. The van der Waals surface area contributed by atoms with Gasteiger partial charge in [0.2, 0.25) is 5.91 Å². The summed E-state index contributed by atoms with van der Waals surface area (Å²) in [6, 6.07) is 0.504. The van der Waals surface area contributed by atoms with Crippen molar-refractivity contribution in [1.82, 2.24) is 15.5 Å². The van der Waals surface area contributed by atoms with Crippen LogP contribution >= 0.6 is 0 Å². The highest BCUT2D eigenvalue weighted by molar-refractivity contribution is 5.81. The van der Waals surface area contributed by atoms with Gasteiger partial charge in [0.1, 0.15) is 0 Å². The summed E-state index contributed by atoms with van der Waals surface area (Å²) < 4.78 is 0. The lowest BCUT2D eigenvalue weighted by atomic mass is 10.1. The van der Waals surface area contributed by atoms with Crippen molar-refractivity contribution in [2.24, 2.45) is 0 Å². The summed E-state index contributed by atoms with van der Waals surface area (Å²) in [6.07, 6.45) is 0. The molecule has 0 aliphatic carbocycles. The summed E-state index contributed by atoms with van der Waals surface area (Å²) in [5.41, 5.74) is 0. The SMILES string of the molecule is CCNC(=O)C(C)N(C)C1CNC1. The van der Waals surface area contributed by atoms with Gasteiger partial charge in [-0.25, -0.2) is 0 Å². The van der Waals surface area contributed by atoms with Gasteiger partial charge in [0.05, 0.1) is 6.04 Å². The highest BCUT2D eigenvalue weighted by atomic mass is 16.2. The van der Waals surface area contributed by atoms with E-state index >= 15 is 0 Å². The number of hydrogen-bond donors (Lipinski definition) is 2. The van der Waals surface area contributed by atoms with Crippen molar-refractivity contribution >= 4 is 5.91 Å². The Morgan fingerprint density at radius 2 is 2.31 bits per heavy atom. The maximum atomic E-state index is 11.5. The van der Waals surface area contributed by atoms with E-state index in [-0.39, 0.29) is 11.9 Å². The molecular formula is C9H19N3O. The molecule has 1 atom stereocenters. The Hall–Kier alpha value is -0.610. The second-order valence-electron chi connectivity index (χ2n) is 3.55. The Morgan fingerprint density at radius 3 is 2.69 bits per heavy atom. The standard InChI is InChI=1S/C9H19N3O/c1-4-11-9(13)7(2)12(3)8-5-10-6-8/h7-8,10H,4-6H2,1-3H3,(H,11,13). The van der Waals surface area contributed by atoms with Gasteiger partial charge in [-0.3, -0.25) is 9.69 Å². The third-order valence-corrected chi connectivity index (χ3v) is 2.68. The molecule has 0 spiro atoms. The van der Waals surface area contributed by atoms with Gasteiger partial charge in [0.15, 0.2) is 0 Å². The molecule has 1 fully saturated rings. The highest BCUT2D eigenvalue weighted by Crippen LogP contribution is 2.06. The van der Waals surface area contributed by atoms with Crippen molar-refractivity contribution in [3.8, 4) is 0 Å². The zero-order valence-electron chi connectivity index (χ0n) is 8.63. The van der Waals surface area contributed by atoms with E-state index in [9.17, 15) is 4.79 Å². The lowest BCUT2D eigenvalue weighted by Gasteiger charge is -2.38. The van der Waals surface area contributed by atoms with Crippen molar-refractivity contribution in [2.45, 2.75) is 25.9 Å². The molecule has 1 heterocycles. The molecule has 1 rings (SSSR count). The number of hydrogen-bond acceptors (Lipinski definition) is 3. The Morgan fingerprint density at radius 1 is 1.69 bits per heavy atom. The van der Waals surface area contributed by atoms with E-state index in [1.54, 1.807) is 0 Å². The molecule has 1 unspecified atom stereocenters. The fraction of sp³-hybridized carbons (Fsp3) is 0.889. The van der Waals surface area contributed by atoms with Gasteiger partial charge in [0, 0.05) is 25.7 Å². The van der Waals surface area contributed by atoms with Crippen LogP contribution in [0.4, 0.5) is 0 Å². The van der Waals surface area contributed by atoms with Crippen LogP contribution < -0.4 is 10.6 Å². The van der Waals surface area contributed by atoms with Crippen LogP contribution in [0.15, 0.2) is 0 Å². The minimum atomic E-state index is -0.0213. The Bertz CT molecular complexity index is 180. The number of carbonyl (C=O) groups excluding carboxylic acids is 1. The van der Waals surface area contributed by atoms with Crippen molar-refractivity contribution in [2.75, 3.05) is 26.7 Å². The first-order chi connectivity index (χ1) is 6.16. The predicted molar refractivity (Wildman–Crippen MR) is 52.6 cm³/mol. The Labute approximate surface area is 79.7 Å². The van der Waals surface area contributed by atoms with Crippen LogP contribution in [0.2, 0.25) is 0 Å². The maximum Gasteiger partial charge on any atom is 0.237 e. The maximum absolute atomic E-state index is 11.5. The van der Waals surface area contributed by atoms with Crippen LogP contribution in [0.25, 0.3) is 0 Å². The molecule has 0 radical (unpaired) electrons. The first-order valence-electron chi connectivity index (χ1n) is 4.87. The summed E-state index contributed by atoms with van der Waals surface area (Å²) in [4.78, 5) is 13.6. The molecule has 1 saturated heterocycles. The second-order valence-corrected chi connectivity index (χ2v) is 3.55. The van der Waals surface area contributed by atoms with Crippen molar-refractivity contribution in [3.63, 3.8) is 0 Å². The Balaban J connectivity index is 2.35. The number of carbonyl (C=O) groups is 1. The van der Waals surface area contributed by atoms with E-state index < -0.39 is 0 Å². The molecule has 76 valence electrons. The molecule has 1 amide bonds. The monoisotopic (exact) mass is 185 g/mol. The van der Waals surface area contributed by atoms with Crippen LogP contribution in [0.1, 0.15) is 13.8 Å². The van der Waals surface area contributed by atoms with E-state index in [0.717, 1.165) is 13.1 Å². The van der Waals surface area contributed by atoms with Crippen molar-refractivity contribution in [3.05, 3.63) is 0 Å². The second kappa shape index (κ2) is 4.58. The molecular weight excluding hydrogens is 166 g/mol. The third kappa shape index (κ3) is 2.42. The average molecular weight is 185 g/mol. The molecule has 0 bridgehead atoms. The molecule has 4 nitrogen and oxygen atoms in total. The minimum Gasteiger partial charge on any atom is -0.355 e. The van der Waals surface area contributed by atoms with Crippen LogP contribution in [0.5, 0.6) is 0 Å². The van der Waals surface area contributed by atoms with Crippen molar-refractivity contribution < 1.29 is 4.79 Å². The summed E-state index contributed by atoms with van der Waals surface area (Å²) in [5, 5.41) is 6.02. The minimum absolute atomic E-state index is 0.0213. The lowest BCUT2D eigenvalue weighted by molar-refractivity contribution is -0.126. The van der Waals surface area contributed by atoms with Crippen LogP contribution in [-0.2, 0) is 4.79 Å². The predicted octanol–water partition coefficient (Wildman–Crippen LogP) is -0.585. The van der Waals surface area contributed by atoms with E-state index in [1.807, 2.05) is 20.9 Å². The smallest absolute Gasteiger partial charge is 0.237 e. The van der Waals surface area contributed by atoms with E-state index in [1.165, 1.54) is 0 Å². The lowest BCUT2D eigenvalue weighted by Crippen LogP contribution is -2.60. The van der Waals surface area contributed by atoms with Crippen molar-refractivity contribution in [1.29, 1.82) is 0 Å². The number of amides is 1. The van der Waals surface area contributed by atoms with Gasteiger partial charge >= 0.3 is 0 Å². The molecule has 0 saturated carbocycles. The van der Waals surface area contributed by atoms with Gasteiger partial charge in [-0.2, -0.15) is 0 Å². The quantitative estimate of drug-likeness (QED) is 0.615. The highest BCUT2D eigenvalue weighted by Gasteiger charge is 2.28. The van der Waals surface area contributed by atoms with Gasteiger partial charge in [0.25, 0.3) is 0 Å². The largest absolute Gasteiger partial charge is 0.355 e. The van der Waals surface area contributed by atoms with Gasteiger partial charge in [-0.1, -0.05) is 0 Å². The summed E-state index contributed by atoms with van der Waals surface area (Å²) in [7, 11) is 2.01. The molecule has 0 aromatic heterocycles. The average Bonchev–Trinajstić information content (AvgIpc) is 2.00. The summed E-state index contributed by atoms with van der Waals surface area (Å²) in [5.74, 6) is 0.122. The number of rotatable bonds is 4. The number of nitrogens with one attached hydrogen (secondary N) is 2. The summed E-state index contributed by atoms with van der Waals surface area (Å²) >= 11 is 0. The van der Waals surface area contributed by atoms with Crippen LogP contribution in [0.3, 0.4) is 0 Å². The third-order valence-electron chi connectivity index (χ3n) is 2.68. The Kier molecular flexibility index (Phi) is 3.69.